The van der Waals surface area contributed by atoms with Gasteiger partial charge < -0.3 is 0 Å². The molecule has 0 bridgehead atoms. The number of aromatic nitrogens is 4. The molecule has 5 aromatic carbocycles. The predicted molar refractivity (Wildman–Crippen MR) is 198 cm³/mol. The van der Waals surface area contributed by atoms with E-state index < -0.39 is 0 Å². The normalized spacial score (nSPS) is 11.4. The summed E-state index contributed by atoms with van der Waals surface area (Å²) in [5, 5.41) is 16.5. The average molecular weight is 615 g/mol. The second-order valence-corrected chi connectivity index (χ2v) is 12.8. The first-order valence-electron chi connectivity index (χ1n) is 16.2. The maximum absolute atomic E-state index is 4.64. The summed E-state index contributed by atoms with van der Waals surface area (Å²) in [7, 11) is 0. The molecule has 0 unspecified atom stereocenters. The zero-order chi connectivity index (χ0) is 32.5. The smallest absolute Gasteiger partial charge is 0.0750 e. The number of benzene rings is 5. The van der Waals surface area contributed by atoms with Gasteiger partial charge in [-0.2, -0.15) is 10.2 Å². The number of fused-ring (bicyclic) bond motifs is 12. The second-order valence-electron chi connectivity index (χ2n) is 12.8. The molecule has 48 heavy (non-hydrogen) atoms. The Morgan fingerprint density at radius 1 is 0.417 bits per heavy atom. The van der Waals surface area contributed by atoms with Crippen molar-refractivity contribution in [3.05, 3.63) is 154 Å². The maximum atomic E-state index is 4.64. The molecule has 0 radical (unpaired) electrons. The highest BCUT2D eigenvalue weighted by Gasteiger charge is 2.13. The van der Waals surface area contributed by atoms with Crippen molar-refractivity contribution in [3.8, 4) is 23.7 Å². The number of hydrogen-bond acceptors (Lipinski definition) is 2. The van der Waals surface area contributed by atoms with Gasteiger partial charge in [-0.25, -0.2) is 9.03 Å². The van der Waals surface area contributed by atoms with Gasteiger partial charge in [0, 0.05) is 43.8 Å². The zero-order valence-corrected chi connectivity index (χ0v) is 27.2. The Labute approximate surface area is 278 Å². The number of pyridine rings is 2. The first kappa shape index (κ1) is 27.9. The van der Waals surface area contributed by atoms with Gasteiger partial charge in [-0.1, -0.05) is 65.1 Å². The molecule has 0 aliphatic carbocycles. The lowest BCUT2D eigenvalue weighted by atomic mass is 9.97. The van der Waals surface area contributed by atoms with Crippen LogP contribution in [0.5, 0.6) is 0 Å². The van der Waals surface area contributed by atoms with E-state index in [1.807, 2.05) is 39.6 Å². The SMILES string of the molecule is Cc1cc(C)c2c(c1)c1cc(C#Cc3cccc(C#Cc4ccc5c(c4)c4cc(C)cc(C)c4c4ccnn54)c3)ccc1n1nccc21. The number of aryl methyl sites for hydroxylation is 4. The fraction of sp³-hybridized carbons (Fsp3) is 0.0909. The molecule has 0 atom stereocenters. The average Bonchev–Trinajstić information content (AvgIpc) is 3.77. The second kappa shape index (κ2) is 10.6. The molecule has 9 rings (SSSR count). The molecule has 0 aliphatic rings. The van der Waals surface area contributed by atoms with Crippen LogP contribution in [-0.4, -0.2) is 19.2 Å². The molecule has 0 fully saturated rings. The molecule has 226 valence electrons. The summed E-state index contributed by atoms with van der Waals surface area (Å²) in [6, 6.07) is 34.2. The Kier molecular flexibility index (Phi) is 6.16. The monoisotopic (exact) mass is 614 g/mol. The van der Waals surface area contributed by atoms with E-state index in [1.54, 1.807) is 0 Å². The van der Waals surface area contributed by atoms with Gasteiger partial charge in [0.05, 0.1) is 34.5 Å². The molecule has 0 N–H and O–H groups in total. The molecule has 0 spiro atoms. The van der Waals surface area contributed by atoms with E-state index in [2.05, 4.69) is 140 Å². The van der Waals surface area contributed by atoms with Crippen molar-refractivity contribution in [1.82, 2.24) is 19.2 Å². The molecule has 0 saturated heterocycles. The number of nitrogens with zero attached hydrogens (tertiary/aromatic N) is 4. The van der Waals surface area contributed by atoms with E-state index in [1.165, 1.54) is 43.8 Å². The van der Waals surface area contributed by atoms with Crippen LogP contribution in [0.2, 0.25) is 0 Å². The van der Waals surface area contributed by atoms with Crippen molar-refractivity contribution in [2.24, 2.45) is 0 Å². The van der Waals surface area contributed by atoms with Crippen LogP contribution in [0, 0.1) is 51.4 Å². The van der Waals surface area contributed by atoms with Gasteiger partial charge in [-0.15, -0.1) is 0 Å². The van der Waals surface area contributed by atoms with Crippen LogP contribution in [0.4, 0.5) is 0 Å². The van der Waals surface area contributed by atoms with Crippen molar-refractivity contribution < 1.29 is 0 Å². The Balaban J connectivity index is 1.09. The number of hydrogen-bond donors (Lipinski definition) is 0. The van der Waals surface area contributed by atoms with Crippen molar-refractivity contribution in [2.75, 3.05) is 0 Å². The van der Waals surface area contributed by atoms with Crippen molar-refractivity contribution in [3.63, 3.8) is 0 Å². The van der Waals surface area contributed by atoms with Crippen molar-refractivity contribution >= 4 is 54.4 Å². The van der Waals surface area contributed by atoms with E-state index in [4.69, 9.17) is 0 Å². The first-order chi connectivity index (χ1) is 23.4. The third-order valence-corrected chi connectivity index (χ3v) is 9.35. The molecule has 0 aliphatic heterocycles. The third kappa shape index (κ3) is 4.43. The minimum Gasteiger partial charge on any atom is -0.232 e. The highest BCUT2D eigenvalue weighted by molar-refractivity contribution is 6.15. The minimum absolute atomic E-state index is 0.928. The zero-order valence-electron chi connectivity index (χ0n) is 27.2. The van der Waals surface area contributed by atoms with Gasteiger partial charge in [0.15, 0.2) is 0 Å². The van der Waals surface area contributed by atoms with E-state index in [0.717, 1.165) is 55.1 Å². The molecular formula is C44H30N4. The third-order valence-electron chi connectivity index (χ3n) is 9.35. The highest BCUT2D eigenvalue weighted by atomic mass is 15.2. The highest BCUT2D eigenvalue weighted by Crippen LogP contribution is 2.34. The molecule has 9 aromatic rings. The lowest BCUT2D eigenvalue weighted by Crippen LogP contribution is -1.95. The summed E-state index contributed by atoms with van der Waals surface area (Å²) in [5.41, 5.74) is 13.2. The summed E-state index contributed by atoms with van der Waals surface area (Å²) in [6.07, 6.45) is 3.75. The Hall–Kier alpha value is -6.36. The Bertz CT molecular complexity index is 2750. The Morgan fingerprint density at radius 2 is 0.854 bits per heavy atom. The molecule has 4 aromatic heterocycles. The van der Waals surface area contributed by atoms with Gasteiger partial charge in [-0.3, -0.25) is 0 Å². The fourth-order valence-corrected chi connectivity index (χ4v) is 7.40. The number of rotatable bonds is 0. The fourth-order valence-electron chi connectivity index (χ4n) is 7.40. The maximum Gasteiger partial charge on any atom is 0.0750 e. The lowest BCUT2D eigenvalue weighted by molar-refractivity contribution is 1.01. The standard InChI is InChI=1S/C44H30N4/c1-27-20-29(3)43-37(22-27)35-25-33(12-14-39(35)47-41(43)16-18-45-47)10-8-31-6-5-7-32(24-31)9-11-34-13-15-40-36(26-34)38-23-28(2)21-30(4)44(38)42-17-19-46-48(40)42/h5-7,12-26H,1-4H3. The molecule has 0 amide bonds. The van der Waals surface area contributed by atoms with Crippen molar-refractivity contribution in [2.45, 2.75) is 27.7 Å². The van der Waals surface area contributed by atoms with Gasteiger partial charge in [0.1, 0.15) is 0 Å². The molecule has 4 nitrogen and oxygen atoms in total. The van der Waals surface area contributed by atoms with Crippen LogP contribution in [0.25, 0.3) is 54.4 Å². The van der Waals surface area contributed by atoms with Crippen LogP contribution < -0.4 is 0 Å². The van der Waals surface area contributed by atoms with E-state index in [0.29, 0.717) is 0 Å². The van der Waals surface area contributed by atoms with E-state index >= 15 is 0 Å². The first-order valence-corrected chi connectivity index (χ1v) is 16.2. The summed E-state index contributed by atoms with van der Waals surface area (Å²) in [6.45, 7) is 8.66. The van der Waals surface area contributed by atoms with Crippen LogP contribution in [0.3, 0.4) is 0 Å². The van der Waals surface area contributed by atoms with Crippen LogP contribution >= 0.6 is 0 Å². The summed E-state index contributed by atoms with van der Waals surface area (Å²) in [4.78, 5) is 0. The minimum atomic E-state index is 0.928. The van der Waals surface area contributed by atoms with E-state index in [9.17, 15) is 0 Å². The summed E-state index contributed by atoms with van der Waals surface area (Å²) < 4.78 is 4.08. The van der Waals surface area contributed by atoms with Gasteiger partial charge in [0.25, 0.3) is 0 Å². The molecule has 4 heteroatoms. The topological polar surface area (TPSA) is 34.6 Å². The van der Waals surface area contributed by atoms with Gasteiger partial charge >= 0.3 is 0 Å². The van der Waals surface area contributed by atoms with Crippen LogP contribution in [0.15, 0.2) is 109 Å². The molecule has 0 saturated carbocycles. The molecular weight excluding hydrogens is 585 g/mol. The van der Waals surface area contributed by atoms with Crippen LogP contribution in [-0.2, 0) is 0 Å². The van der Waals surface area contributed by atoms with Gasteiger partial charge in [-0.05, 0) is 116 Å². The predicted octanol–water partition coefficient (Wildman–Crippen LogP) is 9.63. The lowest BCUT2D eigenvalue weighted by Gasteiger charge is -2.12. The summed E-state index contributed by atoms with van der Waals surface area (Å²) in [5.74, 6) is 13.6. The largest absolute Gasteiger partial charge is 0.232 e. The van der Waals surface area contributed by atoms with Gasteiger partial charge in [0.2, 0.25) is 0 Å². The van der Waals surface area contributed by atoms with E-state index in [-0.39, 0.29) is 0 Å². The van der Waals surface area contributed by atoms with Crippen molar-refractivity contribution in [1.29, 1.82) is 0 Å². The Morgan fingerprint density at radius 3 is 1.31 bits per heavy atom. The van der Waals surface area contributed by atoms with Crippen LogP contribution in [0.1, 0.15) is 44.5 Å². The summed E-state index contributed by atoms with van der Waals surface area (Å²) >= 11 is 0. The quantitative estimate of drug-likeness (QED) is 0.126. The molecule has 4 heterocycles.